The van der Waals surface area contributed by atoms with E-state index < -0.39 is 80.7 Å². The van der Waals surface area contributed by atoms with Gasteiger partial charge in [0.15, 0.2) is 12.6 Å². The maximum absolute atomic E-state index is 12.9. The van der Waals surface area contributed by atoms with Gasteiger partial charge in [0.2, 0.25) is 0 Å². The highest BCUT2D eigenvalue weighted by atomic mass is 16.7. The van der Waals surface area contributed by atoms with Gasteiger partial charge in [-0.2, -0.15) is 0 Å². The lowest BCUT2D eigenvalue weighted by Crippen LogP contribution is -2.61. The average molecular weight is 793 g/mol. The Morgan fingerprint density at radius 3 is 1.67 bits per heavy atom. The Bertz CT molecular complexity index is 969. The van der Waals surface area contributed by atoms with E-state index in [1.165, 1.54) is 57.8 Å². The summed E-state index contributed by atoms with van der Waals surface area (Å²) in [6.07, 6.45) is 10.1. The van der Waals surface area contributed by atoms with Crippen LogP contribution in [-0.4, -0.2) is 142 Å². The summed E-state index contributed by atoms with van der Waals surface area (Å²) in [6, 6.07) is 0. The first kappa shape index (κ1) is 49.9. The van der Waals surface area contributed by atoms with Crippen molar-refractivity contribution in [3.05, 3.63) is 12.2 Å². The molecule has 2 aliphatic heterocycles. The van der Waals surface area contributed by atoms with E-state index in [0.29, 0.717) is 13.0 Å². The molecule has 324 valence electrons. The lowest BCUT2D eigenvalue weighted by atomic mass is 9.98. The molecular formula is C41H76O14. The molecule has 0 aromatic rings. The molecule has 2 heterocycles. The quantitative estimate of drug-likeness (QED) is 0.0292. The number of allylic oxidation sites excluding steroid dienone is 2. The molecule has 0 radical (unpaired) electrons. The Balaban J connectivity index is 1.84. The molecule has 14 heteroatoms. The predicted octanol–water partition coefficient (Wildman–Crippen LogP) is 3.95. The van der Waals surface area contributed by atoms with Gasteiger partial charge in [-0.3, -0.25) is 4.79 Å². The van der Waals surface area contributed by atoms with Gasteiger partial charge < -0.3 is 64.2 Å². The standard InChI is InChI=1S/C41H76O14/c1-3-5-7-9-11-13-14-15-16-17-18-20-22-24-33(43)53-30(27-50-25-23-21-19-12-10-8-6-4-2)28-51-40-39(49)37(47)35(45)32(55-40)29-52-41-38(48)36(46)34(44)31(26-42)54-41/h13-14,30-32,34-42,44-49H,3-12,15-29H2,1-2H3/b14-13-. The van der Waals surface area contributed by atoms with Gasteiger partial charge in [-0.25, -0.2) is 0 Å². The van der Waals surface area contributed by atoms with Crippen LogP contribution in [0.1, 0.15) is 142 Å². The Hall–Kier alpha value is -1.27. The third kappa shape index (κ3) is 20.3. The van der Waals surface area contributed by atoms with E-state index >= 15 is 0 Å². The Morgan fingerprint density at radius 2 is 1.07 bits per heavy atom. The summed E-state index contributed by atoms with van der Waals surface area (Å²) in [5.41, 5.74) is 0. The van der Waals surface area contributed by atoms with Gasteiger partial charge in [0, 0.05) is 13.0 Å². The molecule has 0 amide bonds. The fourth-order valence-corrected chi connectivity index (χ4v) is 6.69. The number of carbonyl (C=O) groups excluding carboxylic acids is 1. The maximum atomic E-state index is 12.9. The second-order valence-electron chi connectivity index (χ2n) is 15.2. The highest BCUT2D eigenvalue weighted by Crippen LogP contribution is 2.26. The molecule has 0 aliphatic carbocycles. The lowest BCUT2D eigenvalue weighted by Gasteiger charge is -2.42. The largest absolute Gasteiger partial charge is 0.457 e. The highest BCUT2D eigenvalue weighted by Gasteiger charge is 2.47. The van der Waals surface area contributed by atoms with E-state index in [1.54, 1.807) is 0 Å². The van der Waals surface area contributed by atoms with Crippen molar-refractivity contribution >= 4 is 5.97 Å². The van der Waals surface area contributed by atoms with E-state index in [2.05, 4.69) is 26.0 Å². The van der Waals surface area contributed by atoms with Crippen LogP contribution in [0.5, 0.6) is 0 Å². The van der Waals surface area contributed by atoms with Crippen LogP contribution in [0.4, 0.5) is 0 Å². The molecule has 2 aliphatic rings. The van der Waals surface area contributed by atoms with Crippen molar-refractivity contribution in [3.63, 3.8) is 0 Å². The van der Waals surface area contributed by atoms with Crippen molar-refractivity contribution in [2.24, 2.45) is 0 Å². The first-order valence-corrected chi connectivity index (χ1v) is 21.3. The van der Waals surface area contributed by atoms with Gasteiger partial charge >= 0.3 is 5.97 Å². The number of ether oxygens (including phenoxy) is 6. The van der Waals surface area contributed by atoms with Crippen LogP contribution in [-0.2, 0) is 33.2 Å². The Labute approximate surface area is 329 Å². The molecule has 0 spiro atoms. The van der Waals surface area contributed by atoms with Crippen LogP contribution in [0.25, 0.3) is 0 Å². The van der Waals surface area contributed by atoms with E-state index in [0.717, 1.165) is 57.8 Å². The molecule has 2 rings (SSSR count). The number of hydrogen-bond acceptors (Lipinski definition) is 14. The topological polar surface area (TPSA) is 214 Å². The number of aliphatic hydroxyl groups excluding tert-OH is 7. The normalized spacial score (nSPS) is 29.2. The summed E-state index contributed by atoms with van der Waals surface area (Å²) in [7, 11) is 0. The minimum Gasteiger partial charge on any atom is -0.457 e. The van der Waals surface area contributed by atoms with Crippen molar-refractivity contribution in [1.82, 2.24) is 0 Å². The van der Waals surface area contributed by atoms with Crippen molar-refractivity contribution in [1.29, 1.82) is 0 Å². The second-order valence-corrected chi connectivity index (χ2v) is 15.2. The van der Waals surface area contributed by atoms with Crippen LogP contribution in [0.3, 0.4) is 0 Å². The summed E-state index contributed by atoms with van der Waals surface area (Å²) in [5, 5.41) is 71.6. The number of unbranched alkanes of at least 4 members (excludes halogenated alkanes) is 16. The zero-order valence-corrected chi connectivity index (χ0v) is 33.7. The van der Waals surface area contributed by atoms with E-state index in [9.17, 15) is 40.5 Å². The molecular weight excluding hydrogens is 716 g/mol. The van der Waals surface area contributed by atoms with Crippen LogP contribution < -0.4 is 0 Å². The Kier molecular flexibility index (Phi) is 27.9. The molecule has 14 nitrogen and oxygen atoms in total. The Morgan fingerprint density at radius 1 is 0.582 bits per heavy atom. The molecule has 2 saturated heterocycles. The first-order chi connectivity index (χ1) is 26.6. The fourth-order valence-electron chi connectivity index (χ4n) is 6.69. The van der Waals surface area contributed by atoms with Crippen LogP contribution >= 0.6 is 0 Å². The van der Waals surface area contributed by atoms with Crippen LogP contribution in [0.15, 0.2) is 12.2 Å². The van der Waals surface area contributed by atoms with Crippen LogP contribution in [0.2, 0.25) is 0 Å². The van der Waals surface area contributed by atoms with E-state index in [-0.39, 0.29) is 25.6 Å². The number of carbonyl (C=O) groups is 1. The van der Waals surface area contributed by atoms with Gasteiger partial charge in [-0.05, 0) is 38.5 Å². The molecule has 0 saturated carbocycles. The molecule has 55 heavy (non-hydrogen) atoms. The van der Waals surface area contributed by atoms with E-state index in [4.69, 9.17) is 28.4 Å². The molecule has 11 unspecified atom stereocenters. The van der Waals surface area contributed by atoms with Crippen molar-refractivity contribution in [2.45, 2.75) is 210 Å². The van der Waals surface area contributed by atoms with Gasteiger partial charge in [-0.1, -0.05) is 109 Å². The molecule has 0 aromatic heterocycles. The number of esters is 1. The minimum absolute atomic E-state index is 0.0615. The zero-order valence-electron chi connectivity index (χ0n) is 33.7. The van der Waals surface area contributed by atoms with Gasteiger partial charge in [0.25, 0.3) is 0 Å². The van der Waals surface area contributed by atoms with Crippen molar-refractivity contribution < 1.29 is 69.0 Å². The average Bonchev–Trinajstić information content (AvgIpc) is 3.18. The molecule has 11 atom stereocenters. The van der Waals surface area contributed by atoms with Crippen LogP contribution in [0, 0.1) is 0 Å². The number of aliphatic hydroxyl groups is 7. The monoisotopic (exact) mass is 793 g/mol. The van der Waals surface area contributed by atoms with E-state index in [1.807, 2.05) is 0 Å². The smallest absolute Gasteiger partial charge is 0.306 e. The maximum Gasteiger partial charge on any atom is 0.306 e. The summed E-state index contributed by atoms with van der Waals surface area (Å²) in [5.74, 6) is -0.387. The molecule has 0 bridgehead atoms. The van der Waals surface area contributed by atoms with Crippen molar-refractivity contribution in [2.75, 3.05) is 33.0 Å². The number of rotatable bonds is 32. The first-order valence-electron chi connectivity index (χ1n) is 21.3. The molecule has 7 N–H and O–H groups in total. The fraction of sp³-hybridized carbons (Fsp3) is 0.927. The van der Waals surface area contributed by atoms with Gasteiger partial charge in [-0.15, -0.1) is 0 Å². The van der Waals surface area contributed by atoms with Crippen molar-refractivity contribution in [3.8, 4) is 0 Å². The molecule has 2 fully saturated rings. The SMILES string of the molecule is CCCCCC/C=C\CCCCCCCC(=O)OC(COCCCCCCCCCC)COC1OC(COC2OC(CO)C(O)C(O)C2O)C(O)C(O)C1O. The third-order valence-corrected chi connectivity index (χ3v) is 10.3. The summed E-state index contributed by atoms with van der Waals surface area (Å²) in [4.78, 5) is 12.9. The lowest BCUT2D eigenvalue weighted by molar-refractivity contribution is -0.332. The summed E-state index contributed by atoms with van der Waals surface area (Å²) < 4.78 is 34.0. The third-order valence-electron chi connectivity index (χ3n) is 10.3. The minimum atomic E-state index is -1.70. The number of hydrogen-bond donors (Lipinski definition) is 7. The molecule has 0 aromatic carbocycles. The predicted molar refractivity (Wildman–Crippen MR) is 206 cm³/mol. The summed E-state index contributed by atoms with van der Waals surface area (Å²) >= 11 is 0. The second kappa shape index (κ2) is 30.8. The van der Waals surface area contributed by atoms with Gasteiger partial charge in [0.1, 0.15) is 54.9 Å². The van der Waals surface area contributed by atoms with Gasteiger partial charge in [0.05, 0.1) is 26.4 Å². The zero-order chi connectivity index (χ0) is 40.3. The highest BCUT2D eigenvalue weighted by molar-refractivity contribution is 5.69. The summed E-state index contributed by atoms with van der Waals surface area (Å²) in [6.45, 7) is 3.61.